The van der Waals surface area contributed by atoms with Crippen molar-refractivity contribution in [3.63, 3.8) is 0 Å². The van der Waals surface area contributed by atoms with Gasteiger partial charge in [-0.3, -0.25) is 4.79 Å². The average Bonchev–Trinajstić information content (AvgIpc) is 3.29. The number of anilines is 1. The number of carbonyl (C=O) groups is 1. The van der Waals surface area contributed by atoms with Gasteiger partial charge >= 0.3 is 12.4 Å². The quantitative estimate of drug-likeness (QED) is 0.706. The van der Waals surface area contributed by atoms with Gasteiger partial charge in [-0.05, 0) is 31.0 Å². The molecule has 0 spiro atoms. The van der Waals surface area contributed by atoms with Crippen LogP contribution in [0.2, 0.25) is 0 Å². The highest BCUT2D eigenvalue weighted by Crippen LogP contribution is 2.39. The van der Waals surface area contributed by atoms with Crippen LogP contribution in [0.4, 0.5) is 32.0 Å². The molecule has 2 saturated heterocycles. The van der Waals surface area contributed by atoms with E-state index in [1.807, 2.05) is 0 Å². The van der Waals surface area contributed by atoms with E-state index in [0.29, 0.717) is 24.1 Å². The molecule has 1 amide bonds. The van der Waals surface area contributed by atoms with E-state index < -0.39 is 54.0 Å². The number of alkyl halides is 6. The molecule has 2 atom stereocenters. The summed E-state index contributed by atoms with van der Waals surface area (Å²) >= 11 is 0. The minimum Gasteiger partial charge on any atom is -0.340 e. The summed E-state index contributed by atoms with van der Waals surface area (Å²) < 4.78 is 84.7. The predicted molar refractivity (Wildman–Crippen MR) is 84.0 cm³/mol. The summed E-state index contributed by atoms with van der Waals surface area (Å²) in [4.78, 5) is 14.4. The number of hydrogen-bond acceptors (Lipinski definition) is 4. The Morgan fingerprint density at radius 2 is 1.79 bits per heavy atom. The average molecular weight is 407 g/mol. The largest absolute Gasteiger partial charge is 0.433 e. The second-order valence-corrected chi connectivity index (χ2v) is 6.54. The lowest BCUT2D eigenvalue weighted by Gasteiger charge is -2.27. The van der Waals surface area contributed by atoms with Gasteiger partial charge in [0.15, 0.2) is 6.10 Å². The minimum absolute atomic E-state index is 0.407. The highest BCUT2D eigenvalue weighted by molar-refractivity contribution is 5.82. The second kappa shape index (κ2) is 7.16. The van der Waals surface area contributed by atoms with Crippen molar-refractivity contribution >= 4 is 11.6 Å². The van der Waals surface area contributed by atoms with Crippen molar-refractivity contribution in [2.75, 3.05) is 24.5 Å². The molecular weight excluding hydrogens is 392 g/mol. The maximum atomic E-state index is 13.4. The summed E-state index contributed by atoms with van der Waals surface area (Å²) in [6, 6.07) is 3.64. The van der Waals surface area contributed by atoms with Gasteiger partial charge in [0.2, 0.25) is 6.23 Å². The normalized spacial score (nSPS) is 23.2. The van der Waals surface area contributed by atoms with Crippen LogP contribution in [0.1, 0.15) is 24.0 Å². The lowest BCUT2D eigenvalue weighted by atomic mass is 10.1. The number of benzene rings is 1. The fraction of sp³-hybridized carbons (Fsp3) is 0.529. The van der Waals surface area contributed by atoms with Crippen LogP contribution in [-0.2, 0) is 15.7 Å². The lowest BCUT2D eigenvalue weighted by molar-refractivity contribution is -0.214. The van der Waals surface area contributed by atoms with Crippen molar-refractivity contribution in [3.8, 4) is 6.07 Å². The number of nitrogens with zero attached hydrogens (tertiary/aromatic N) is 3. The smallest absolute Gasteiger partial charge is 0.340 e. The fourth-order valence-corrected chi connectivity index (χ4v) is 3.36. The topological polar surface area (TPSA) is 56.6 Å². The highest BCUT2D eigenvalue weighted by atomic mass is 19.4. The molecule has 0 unspecified atom stereocenters. The third kappa shape index (κ3) is 3.87. The Morgan fingerprint density at radius 1 is 1.14 bits per heavy atom. The van der Waals surface area contributed by atoms with Gasteiger partial charge in [-0.25, -0.2) is 0 Å². The van der Waals surface area contributed by atoms with E-state index in [1.165, 1.54) is 11.0 Å². The number of rotatable bonds is 2. The monoisotopic (exact) mass is 407 g/mol. The first-order valence-corrected chi connectivity index (χ1v) is 8.41. The Labute approximate surface area is 156 Å². The summed E-state index contributed by atoms with van der Waals surface area (Å²) in [7, 11) is 0. The van der Waals surface area contributed by atoms with E-state index in [0.717, 1.165) is 25.0 Å². The number of halogens is 6. The molecule has 0 aromatic heterocycles. The van der Waals surface area contributed by atoms with E-state index in [-0.39, 0.29) is 0 Å². The predicted octanol–water partition coefficient (Wildman–Crippen LogP) is 3.29. The maximum absolute atomic E-state index is 13.4. The zero-order chi connectivity index (χ0) is 20.7. The van der Waals surface area contributed by atoms with Crippen molar-refractivity contribution in [1.82, 2.24) is 4.90 Å². The summed E-state index contributed by atoms with van der Waals surface area (Å²) in [6.07, 6.45) is -12.4. The van der Waals surface area contributed by atoms with Crippen LogP contribution in [0.15, 0.2) is 18.2 Å². The molecule has 2 heterocycles. The Hall–Kier alpha value is -2.48. The van der Waals surface area contributed by atoms with Crippen molar-refractivity contribution in [3.05, 3.63) is 29.3 Å². The molecular formula is C17H15F6N3O2. The van der Waals surface area contributed by atoms with Gasteiger partial charge in [0, 0.05) is 18.8 Å². The maximum Gasteiger partial charge on any atom is 0.433 e. The molecule has 11 heteroatoms. The fourth-order valence-electron chi connectivity index (χ4n) is 3.36. The number of amides is 1. The number of hydrogen-bond donors (Lipinski definition) is 0. The number of nitriles is 1. The van der Waals surface area contributed by atoms with E-state index in [4.69, 9.17) is 10.00 Å². The molecule has 0 aliphatic carbocycles. The van der Waals surface area contributed by atoms with Crippen LogP contribution in [0.3, 0.4) is 0 Å². The standard InChI is InChI=1S/C17H15F6N3O2/c18-16(19,20)12-7-11(4-3-10(12)8-24)26-9-13(28-15(26)17(21,22)23)14(27)25-5-1-2-6-25/h3-4,7,13,15H,1-2,5-6,9H2/t13-,15-/m1/s1. The van der Waals surface area contributed by atoms with E-state index in [2.05, 4.69) is 0 Å². The SMILES string of the molecule is N#Cc1ccc(N2C[C@H](C(=O)N3CCCC3)O[C@@H]2C(F)(F)F)cc1C(F)(F)F. The van der Waals surface area contributed by atoms with Gasteiger partial charge in [-0.1, -0.05) is 0 Å². The van der Waals surface area contributed by atoms with E-state index in [1.54, 1.807) is 0 Å². The summed E-state index contributed by atoms with van der Waals surface area (Å²) in [5.41, 5.74) is -2.47. The Bertz CT molecular complexity index is 796. The molecule has 3 rings (SSSR count). The Balaban J connectivity index is 1.94. The summed E-state index contributed by atoms with van der Waals surface area (Å²) in [6.45, 7) is 0.275. The Morgan fingerprint density at radius 3 is 2.32 bits per heavy atom. The van der Waals surface area contributed by atoms with E-state index >= 15 is 0 Å². The molecule has 0 saturated carbocycles. The molecule has 2 fully saturated rings. The van der Waals surface area contributed by atoms with Gasteiger partial charge in [0.1, 0.15) is 0 Å². The van der Waals surface area contributed by atoms with Crippen molar-refractivity contribution in [1.29, 1.82) is 5.26 Å². The van der Waals surface area contributed by atoms with Gasteiger partial charge in [-0.15, -0.1) is 0 Å². The molecule has 0 N–H and O–H groups in total. The summed E-state index contributed by atoms with van der Waals surface area (Å²) in [5, 5.41) is 8.84. The summed E-state index contributed by atoms with van der Waals surface area (Å²) in [5.74, 6) is -0.612. The van der Waals surface area contributed by atoms with Crippen LogP contribution >= 0.6 is 0 Å². The molecule has 0 radical (unpaired) electrons. The van der Waals surface area contributed by atoms with Crippen molar-refractivity contribution < 1.29 is 35.9 Å². The molecule has 152 valence electrons. The molecule has 5 nitrogen and oxygen atoms in total. The third-order valence-electron chi connectivity index (χ3n) is 4.67. The number of carbonyl (C=O) groups excluding carboxylic acids is 1. The number of likely N-dealkylation sites (tertiary alicyclic amines) is 1. The van der Waals surface area contributed by atoms with Crippen LogP contribution in [0, 0.1) is 11.3 Å². The first kappa shape index (κ1) is 20.3. The van der Waals surface area contributed by atoms with Crippen LogP contribution in [0.25, 0.3) is 0 Å². The molecule has 1 aromatic rings. The molecule has 28 heavy (non-hydrogen) atoms. The van der Waals surface area contributed by atoms with Gasteiger partial charge < -0.3 is 14.5 Å². The van der Waals surface area contributed by atoms with Crippen LogP contribution < -0.4 is 4.90 Å². The van der Waals surface area contributed by atoms with Crippen molar-refractivity contribution in [2.24, 2.45) is 0 Å². The first-order valence-electron chi connectivity index (χ1n) is 8.41. The zero-order valence-corrected chi connectivity index (χ0v) is 14.3. The van der Waals surface area contributed by atoms with Gasteiger partial charge in [0.05, 0.1) is 23.7 Å². The van der Waals surface area contributed by atoms with Crippen molar-refractivity contribution in [2.45, 2.75) is 37.5 Å². The third-order valence-corrected chi connectivity index (χ3v) is 4.67. The molecule has 2 aliphatic heterocycles. The Kier molecular flexibility index (Phi) is 5.18. The van der Waals surface area contributed by atoms with E-state index in [9.17, 15) is 31.1 Å². The number of ether oxygens (including phenoxy) is 1. The molecule has 2 aliphatic rings. The molecule has 1 aromatic carbocycles. The van der Waals surface area contributed by atoms with Crippen LogP contribution in [0.5, 0.6) is 0 Å². The van der Waals surface area contributed by atoms with Gasteiger partial charge in [-0.2, -0.15) is 31.6 Å². The van der Waals surface area contributed by atoms with Crippen LogP contribution in [-0.4, -0.2) is 48.9 Å². The second-order valence-electron chi connectivity index (χ2n) is 6.54. The lowest BCUT2D eigenvalue weighted by Crippen LogP contribution is -2.42. The molecule has 0 bridgehead atoms. The first-order chi connectivity index (χ1) is 13.0. The highest BCUT2D eigenvalue weighted by Gasteiger charge is 2.53. The minimum atomic E-state index is -4.92. The zero-order valence-electron chi connectivity index (χ0n) is 14.3. The van der Waals surface area contributed by atoms with Gasteiger partial charge in [0.25, 0.3) is 5.91 Å².